The maximum Gasteiger partial charge on any atom is 0.416 e. The number of hydrogen-bond donors (Lipinski definition) is 2. The molecule has 0 saturated heterocycles. The van der Waals surface area contributed by atoms with E-state index in [9.17, 15) is 26.4 Å². The molecule has 1 aromatic heterocycles. The minimum Gasteiger partial charge on any atom is -0.321 e. The number of carbonyl (C=O) groups excluding carboxylic acids is 1. The van der Waals surface area contributed by atoms with Gasteiger partial charge in [-0.2, -0.15) is 13.2 Å². The van der Waals surface area contributed by atoms with Gasteiger partial charge in [-0.15, -0.1) is 11.3 Å². The number of nitrogens with one attached hydrogen (secondary N) is 2. The van der Waals surface area contributed by atoms with Gasteiger partial charge in [0.2, 0.25) is 10.0 Å². The van der Waals surface area contributed by atoms with E-state index in [1.54, 1.807) is 19.9 Å². The van der Waals surface area contributed by atoms with E-state index in [1.165, 1.54) is 31.3 Å². The van der Waals surface area contributed by atoms with Crippen molar-refractivity contribution in [1.29, 1.82) is 0 Å². The molecule has 1 heterocycles. The quantitative estimate of drug-likeness (QED) is 0.571. The lowest BCUT2D eigenvalue weighted by Gasteiger charge is -2.10. The third-order valence-electron chi connectivity index (χ3n) is 4.50. The van der Waals surface area contributed by atoms with E-state index in [0.29, 0.717) is 27.5 Å². The fourth-order valence-corrected chi connectivity index (χ4v) is 4.46. The van der Waals surface area contributed by atoms with E-state index in [4.69, 9.17) is 0 Å². The minimum absolute atomic E-state index is 0.00219. The summed E-state index contributed by atoms with van der Waals surface area (Å²) < 4.78 is 64.5. The summed E-state index contributed by atoms with van der Waals surface area (Å²) in [4.78, 5) is 17.4. The highest BCUT2D eigenvalue weighted by Gasteiger charge is 2.30. The number of carbonyl (C=O) groups is 1. The van der Waals surface area contributed by atoms with Crippen LogP contribution in [0.5, 0.6) is 0 Å². The average Bonchev–Trinajstić information content (AvgIpc) is 3.10. The molecule has 0 radical (unpaired) electrons. The normalized spacial score (nSPS) is 12.1. The van der Waals surface area contributed by atoms with Crippen molar-refractivity contribution < 1.29 is 26.4 Å². The second-order valence-corrected chi connectivity index (χ2v) is 9.53. The Morgan fingerprint density at radius 2 is 1.71 bits per heavy atom. The van der Waals surface area contributed by atoms with E-state index >= 15 is 0 Å². The first-order chi connectivity index (χ1) is 14.4. The SMILES string of the molecule is CNS(=O)(=O)c1ccc(C)c(NC(=O)c2sc(-c3ccc(C(F)(F)F)cc3)nc2C)c1. The third kappa shape index (κ3) is 4.94. The molecule has 2 N–H and O–H groups in total. The number of halogens is 3. The summed E-state index contributed by atoms with van der Waals surface area (Å²) in [7, 11) is -2.39. The number of benzene rings is 2. The summed E-state index contributed by atoms with van der Waals surface area (Å²) in [5.74, 6) is -0.490. The van der Waals surface area contributed by atoms with Gasteiger partial charge in [-0.05, 0) is 50.7 Å². The Kier molecular flexibility index (Phi) is 6.21. The van der Waals surface area contributed by atoms with Crippen molar-refractivity contribution >= 4 is 33.0 Å². The van der Waals surface area contributed by atoms with E-state index in [2.05, 4.69) is 15.0 Å². The highest BCUT2D eigenvalue weighted by molar-refractivity contribution is 7.89. The molecule has 0 aliphatic heterocycles. The minimum atomic E-state index is -4.43. The van der Waals surface area contributed by atoms with Gasteiger partial charge in [0.05, 0.1) is 16.2 Å². The first-order valence-corrected chi connectivity index (χ1v) is 11.2. The maximum absolute atomic E-state index is 12.8. The van der Waals surface area contributed by atoms with Gasteiger partial charge >= 0.3 is 6.18 Å². The zero-order valence-corrected chi connectivity index (χ0v) is 18.3. The molecular weight excluding hydrogens is 451 g/mol. The van der Waals surface area contributed by atoms with Gasteiger partial charge in [0.15, 0.2) is 0 Å². The van der Waals surface area contributed by atoms with Crippen molar-refractivity contribution in [1.82, 2.24) is 9.71 Å². The number of hydrogen-bond acceptors (Lipinski definition) is 5. The lowest BCUT2D eigenvalue weighted by atomic mass is 10.1. The number of thiazole rings is 1. The highest BCUT2D eigenvalue weighted by atomic mass is 32.2. The first kappa shape index (κ1) is 22.9. The largest absolute Gasteiger partial charge is 0.416 e. The first-order valence-electron chi connectivity index (χ1n) is 8.93. The predicted octanol–water partition coefficient (Wildman–Crippen LogP) is 4.61. The van der Waals surface area contributed by atoms with Gasteiger partial charge in [-0.3, -0.25) is 4.79 Å². The zero-order chi connectivity index (χ0) is 23.0. The molecule has 0 aliphatic rings. The lowest BCUT2D eigenvalue weighted by molar-refractivity contribution is -0.137. The van der Waals surface area contributed by atoms with Crippen LogP contribution in [-0.2, 0) is 16.2 Å². The lowest BCUT2D eigenvalue weighted by Crippen LogP contribution is -2.19. The third-order valence-corrected chi connectivity index (χ3v) is 7.12. The van der Waals surface area contributed by atoms with Crippen LogP contribution in [0.4, 0.5) is 18.9 Å². The van der Waals surface area contributed by atoms with E-state index < -0.39 is 27.7 Å². The van der Waals surface area contributed by atoms with Crippen LogP contribution in [-0.4, -0.2) is 26.4 Å². The van der Waals surface area contributed by atoms with Crippen molar-refractivity contribution in [3.8, 4) is 10.6 Å². The Labute approximate surface area is 181 Å². The number of amides is 1. The summed E-state index contributed by atoms with van der Waals surface area (Å²) in [5, 5.41) is 3.09. The molecule has 0 saturated carbocycles. The standard InChI is InChI=1S/C20H18F3N3O3S2/c1-11-4-9-15(31(28,29)24-3)10-16(11)26-18(27)17-12(2)25-19(30-17)13-5-7-14(8-6-13)20(21,22)23/h4-10,24H,1-3H3,(H,26,27). The molecule has 0 spiro atoms. The predicted molar refractivity (Wildman–Crippen MR) is 113 cm³/mol. The molecule has 2 aromatic carbocycles. The van der Waals surface area contributed by atoms with Gasteiger partial charge in [0.1, 0.15) is 9.88 Å². The van der Waals surface area contributed by atoms with Gasteiger partial charge < -0.3 is 5.32 Å². The van der Waals surface area contributed by atoms with Crippen LogP contribution in [0.15, 0.2) is 47.4 Å². The van der Waals surface area contributed by atoms with Crippen LogP contribution >= 0.6 is 11.3 Å². The molecule has 0 aliphatic carbocycles. The smallest absolute Gasteiger partial charge is 0.321 e. The van der Waals surface area contributed by atoms with Crippen LogP contribution in [0.1, 0.15) is 26.5 Å². The summed E-state index contributed by atoms with van der Waals surface area (Å²) in [5.41, 5.74) is 1.08. The summed E-state index contributed by atoms with van der Waals surface area (Å²) in [6, 6.07) is 8.89. The van der Waals surface area contributed by atoms with Gasteiger partial charge in [0.25, 0.3) is 5.91 Å². The molecular formula is C20H18F3N3O3S2. The molecule has 164 valence electrons. The van der Waals surface area contributed by atoms with Crippen LogP contribution < -0.4 is 10.0 Å². The van der Waals surface area contributed by atoms with Crippen LogP contribution in [0.25, 0.3) is 10.6 Å². The maximum atomic E-state index is 12.8. The Morgan fingerprint density at radius 1 is 1.06 bits per heavy atom. The van der Waals surface area contributed by atoms with Crippen molar-refractivity contribution in [3.63, 3.8) is 0 Å². The molecule has 0 fully saturated rings. The highest BCUT2D eigenvalue weighted by Crippen LogP contribution is 2.33. The number of aromatic nitrogens is 1. The zero-order valence-electron chi connectivity index (χ0n) is 16.7. The second-order valence-electron chi connectivity index (χ2n) is 6.65. The Bertz CT molecular complexity index is 1230. The number of aryl methyl sites for hydroxylation is 2. The van der Waals surface area contributed by atoms with Crippen molar-refractivity contribution in [2.24, 2.45) is 0 Å². The Balaban J connectivity index is 1.88. The molecule has 3 aromatic rings. The molecule has 3 rings (SSSR count). The molecule has 11 heteroatoms. The molecule has 1 amide bonds. The summed E-state index contributed by atoms with van der Waals surface area (Å²) in [6.45, 7) is 3.34. The molecule has 0 atom stereocenters. The van der Waals surface area contributed by atoms with E-state index in [0.717, 1.165) is 23.5 Å². The number of alkyl halides is 3. The average molecular weight is 470 g/mol. The van der Waals surface area contributed by atoms with E-state index in [1.807, 2.05) is 0 Å². The molecule has 31 heavy (non-hydrogen) atoms. The number of sulfonamides is 1. The number of rotatable bonds is 5. The van der Waals surface area contributed by atoms with Crippen LogP contribution in [0.3, 0.4) is 0 Å². The topological polar surface area (TPSA) is 88.2 Å². The van der Waals surface area contributed by atoms with Crippen LogP contribution in [0.2, 0.25) is 0 Å². The number of nitrogens with zero attached hydrogens (tertiary/aromatic N) is 1. The van der Waals surface area contributed by atoms with Crippen molar-refractivity contribution in [3.05, 3.63) is 64.2 Å². The van der Waals surface area contributed by atoms with Crippen LogP contribution in [0, 0.1) is 13.8 Å². The number of anilines is 1. The van der Waals surface area contributed by atoms with Gasteiger partial charge in [-0.25, -0.2) is 18.1 Å². The monoisotopic (exact) mass is 469 g/mol. The van der Waals surface area contributed by atoms with E-state index in [-0.39, 0.29) is 9.77 Å². The Hall–Kier alpha value is -2.76. The Morgan fingerprint density at radius 3 is 2.29 bits per heavy atom. The molecule has 6 nitrogen and oxygen atoms in total. The van der Waals surface area contributed by atoms with Gasteiger partial charge in [0, 0.05) is 11.3 Å². The summed E-state index contributed by atoms with van der Waals surface area (Å²) >= 11 is 1.04. The van der Waals surface area contributed by atoms with Crippen molar-refractivity contribution in [2.75, 3.05) is 12.4 Å². The summed E-state index contributed by atoms with van der Waals surface area (Å²) in [6.07, 6.45) is -4.43. The molecule has 0 unspecified atom stereocenters. The van der Waals surface area contributed by atoms with Gasteiger partial charge in [-0.1, -0.05) is 18.2 Å². The fraction of sp³-hybridized carbons (Fsp3) is 0.200. The second kappa shape index (κ2) is 8.40. The van der Waals surface area contributed by atoms with Crippen molar-refractivity contribution in [2.45, 2.75) is 24.9 Å². The fourth-order valence-electron chi connectivity index (χ4n) is 2.73. The molecule has 0 bridgehead atoms.